The van der Waals surface area contributed by atoms with Gasteiger partial charge in [-0.2, -0.15) is 0 Å². The Morgan fingerprint density at radius 3 is 0.717 bits per heavy atom. The highest BCUT2D eigenvalue weighted by Gasteiger charge is 2.40. The summed E-state index contributed by atoms with van der Waals surface area (Å²) in [5, 5.41) is 26.2. The lowest BCUT2D eigenvalue weighted by molar-refractivity contribution is -0.00876. The van der Waals surface area contributed by atoms with Gasteiger partial charge in [0.2, 0.25) is 0 Å². The predicted molar refractivity (Wildman–Crippen MR) is 370 cm³/mol. The van der Waals surface area contributed by atoms with Gasteiger partial charge in [0.1, 0.15) is 46.0 Å². The zero-order valence-electron chi connectivity index (χ0n) is 50.3. The molecule has 11 aromatic rings. The van der Waals surface area contributed by atoms with E-state index >= 15 is 0 Å². The Hall–Kier alpha value is -8.74. The number of benzene rings is 11. The monoisotopic (exact) mass is 1400 g/mol. The van der Waals surface area contributed by atoms with Gasteiger partial charge in [-0.1, -0.05) is 206 Å². The summed E-state index contributed by atoms with van der Waals surface area (Å²) in [6.45, 7) is 0. The number of fused-ring (bicyclic) bond motifs is 2. The fourth-order valence-electron chi connectivity index (χ4n) is 14.0. The normalized spacial score (nSPS) is 19.0. The fraction of sp³-hybridized carbons (Fsp3) is 0.185. The number of aromatic hydroxyl groups is 2. The zero-order chi connectivity index (χ0) is 62.2. The molecule has 11 heteroatoms. The molecule has 4 atom stereocenters. The van der Waals surface area contributed by atoms with Crippen LogP contribution in [0.1, 0.15) is 152 Å². The molecule has 458 valence electrons. The third-order valence-corrected chi connectivity index (χ3v) is 20.3. The number of phenols is 2. The Bertz CT molecular complexity index is 4220. The summed E-state index contributed by atoms with van der Waals surface area (Å²) in [4.78, 5) is 0. The molecule has 92 heavy (non-hydrogen) atoms. The van der Waals surface area contributed by atoms with Gasteiger partial charge in [-0.15, -0.1) is 0 Å². The maximum atomic E-state index is 13.1. The molecule has 8 bridgehead atoms. The van der Waals surface area contributed by atoms with Gasteiger partial charge in [-0.3, -0.25) is 0 Å². The Kier molecular flexibility index (Phi) is 16.9. The first-order valence-corrected chi connectivity index (χ1v) is 34.0. The highest BCUT2D eigenvalue weighted by atomic mass is 79.9. The Labute approximate surface area is 561 Å². The second kappa shape index (κ2) is 26.1. The number of aryl methyl sites for hydroxylation is 4. The van der Waals surface area contributed by atoms with E-state index in [4.69, 9.17) is 28.4 Å². The van der Waals surface area contributed by atoms with Crippen LogP contribution < -0.4 is 28.4 Å². The number of ether oxygens (including phenoxy) is 6. The van der Waals surface area contributed by atoms with Gasteiger partial charge < -0.3 is 38.6 Å². The summed E-state index contributed by atoms with van der Waals surface area (Å²) < 4.78 is 47.2. The van der Waals surface area contributed by atoms with Crippen LogP contribution in [-0.2, 0) is 25.7 Å². The zero-order valence-corrected chi connectivity index (χ0v) is 55.0. The lowest BCUT2D eigenvalue weighted by Gasteiger charge is -2.37. The van der Waals surface area contributed by atoms with E-state index in [2.05, 4.69) is 199 Å². The molecule has 0 saturated carbocycles. The summed E-state index contributed by atoms with van der Waals surface area (Å²) in [6, 6.07) is 83.2. The van der Waals surface area contributed by atoms with E-state index in [1.54, 1.807) is 12.1 Å². The maximum Gasteiger partial charge on any atom is 0.267 e. The predicted octanol–water partition coefficient (Wildman–Crippen LogP) is 21.2. The molecule has 0 amide bonds. The summed E-state index contributed by atoms with van der Waals surface area (Å²) in [6.07, 6.45) is 2.40. The quantitative estimate of drug-likeness (QED) is 0.105. The highest BCUT2D eigenvalue weighted by molar-refractivity contribution is 9.11. The van der Waals surface area contributed by atoms with Gasteiger partial charge in [-0.25, -0.2) is 0 Å². The Balaban J connectivity index is 1.06. The van der Waals surface area contributed by atoms with Crippen molar-refractivity contribution in [2.24, 2.45) is 0 Å². The van der Waals surface area contributed by atoms with E-state index in [1.165, 1.54) is 16.7 Å². The number of rotatable bonds is 15. The van der Waals surface area contributed by atoms with Crippen molar-refractivity contribution in [3.63, 3.8) is 0 Å². The van der Waals surface area contributed by atoms with E-state index in [9.17, 15) is 10.2 Å². The van der Waals surface area contributed by atoms with Gasteiger partial charge in [0.05, 0.1) is 0 Å². The molecule has 1 aliphatic carbocycles. The van der Waals surface area contributed by atoms with Gasteiger partial charge in [-0.05, 0) is 134 Å². The van der Waals surface area contributed by atoms with Gasteiger partial charge in [0.15, 0.2) is 0 Å². The van der Waals surface area contributed by atoms with Crippen LogP contribution in [0.4, 0.5) is 0 Å². The van der Waals surface area contributed by atoms with Gasteiger partial charge in [0.25, 0.3) is 18.9 Å². The summed E-state index contributed by atoms with van der Waals surface area (Å²) in [7, 11) is 0. The first-order chi connectivity index (χ1) is 45.1. The average molecular weight is 1410 g/mol. The third kappa shape index (κ3) is 12.4. The van der Waals surface area contributed by atoms with Crippen LogP contribution in [0.2, 0.25) is 0 Å². The largest absolute Gasteiger partial charge is 0.508 e. The average Bonchev–Trinajstić information content (AvgIpc) is 0.749. The molecule has 3 aliphatic heterocycles. The molecule has 4 aliphatic rings. The standard InChI is InChI=1S/C81H65Br3O8/c82-56-31-25-53(26-32-56)79-87-73-45-71(85)63-41-65(73)60(38-22-50-15-7-2-8-16-50)67-43-69-62(40-24-52-19-11-4-12-20-52)70-44-68-61(39-23-51-17-9-3-10-18-51)66-42-64(59(63)37-21-49-13-5-1-6-14-49)72(86)46-74(66)88-80(54-27-33-57(83)34-28-54)90-76(68)48-78(70)92-81(55-29-35-58(84)36-30-55)91-77(69)47-75(67)89-79/h1-20,25-36,41-48,59-62,79-81,85-86H,21-24,37-40H2. The van der Waals surface area contributed by atoms with Crippen LogP contribution in [0.5, 0.6) is 46.0 Å². The van der Waals surface area contributed by atoms with Crippen LogP contribution in [0.25, 0.3) is 0 Å². The van der Waals surface area contributed by atoms with Crippen molar-refractivity contribution in [1.82, 2.24) is 0 Å². The molecular weight excluding hydrogens is 1340 g/mol. The van der Waals surface area contributed by atoms with Crippen molar-refractivity contribution >= 4 is 47.8 Å². The SMILES string of the molecule is Oc1cc2c3cc1C(CCc1ccccc1)c1cc4c(cc1O)OC(c1ccc(Br)cc1)Oc1cc5c(cc1C4CCc1ccccc1)C(CCc1ccccc1)c1cc(c(cc1OC(c1ccc(Br)cc1)O5)OC(c1ccc(Br)cc1)O2)C3CCc1ccccc1. The molecular formula is C81H65Br3O8. The van der Waals surface area contributed by atoms with Crippen molar-refractivity contribution in [2.75, 3.05) is 0 Å². The van der Waals surface area contributed by atoms with Crippen LogP contribution in [0, 0.1) is 0 Å². The summed E-state index contributed by atoms with van der Waals surface area (Å²) >= 11 is 11.1. The van der Waals surface area contributed by atoms with Crippen LogP contribution >= 0.6 is 47.8 Å². The Morgan fingerprint density at radius 2 is 0.467 bits per heavy atom. The van der Waals surface area contributed by atoms with E-state index in [0.717, 1.165) is 75.5 Å². The minimum Gasteiger partial charge on any atom is -0.508 e. The molecule has 0 saturated heterocycles. The van der Waals surface area contributed by atoms with E-state index < -0.39 is 24.8 Å². The maximum absolute atomic E-state index is 13.1. The van der Waals surface area contributed by atoms with Crippen molar-refractivity contribution in [3.8, 4) is 46.0 Å². The summed E-state index contributed by atoms with van der Waals surface area (Å²) in [5.41, 5.74) is 14.0. The third-order valence-electron chi connectivity index (χ3n) is 18.7. The van der Waals surface area contributed by atoms with Gasteiger partial charge in [0, 0.05) is 123 Å². The molecule has 0 aromatic heterocycles. The van der Waals surface area contributed by atoms with Crippen LogP contribution in [-0.4, -0.2) is 10.2 Å². The van der Waals surface area contributed by atoms with Gasteiger partial charge >= 0.3 is 0 Å². The number of phenolic OH excluding ortho intramolecular Hbond substituents is 2. The molecule has 0 fully saturated rings. The molecule has 4 unspecified atom stereocenters. The first kappa shape index (κ1) is 59.6. The lowest BCUT2D eigenvalue weighted by Crippen LogP contribution is -2.25. The molecule has 3 heterocycles. The highest BCUT2D eigenvalue weighted by Crippen LogP contribution is 2.57. The second-order valence-corrected chi connectivity index (χ2v) is 27.2. The number of hydrogen-bond donors (Lipinski definition) is 2. The molecule has 0 radical (unpaired) electrons. The lowest BCUT2D eigenvalue weighted by atomic mass is 9.76. The number of hydrogen-bond acceptors (Lipinski definition) is 8. The van der Waals surface area contributed by atoms with Crippen molar-refractivity contribution < 1.29 is 38.6 Å². The van der Waals surface area contributed by atoms with Crippen molar-refractivity contribution in [3.05, 3.63) is 340 Å². The van der Waals surface area contributed by atoms with E-state index in [-0.39, 0.29) is 29.3 Å². The topological polar surface area (TPSA) is 95.8 Å². The van der Waals surface area contributed by atoms with Crippen molar-refractivity contribution in [1.29, 1.82) is 0 Å². The van der Waals surface area contributed by atoms with Crippen LogP contribution in [0.15, 0.2) is 256 Å². The van der Waals surface area contributed by atoms with Crippen LogP contribution in [0.3, 0.4) is 0 Å². The molecule has 11 aromatic carbocycles. The second-order valence-electron chi connectivity index (χ2n) is 24.4. The molecule has 0 spiro atoms. The summed E-state index contributed by atoms with van der Waals surface area (Å²) in [5.74, 6) is 1.88. The molecule has 2 N–H and O–H groups in total. The fourth-order valence-corrected chi connectivity index (χ4v) is 14.8. The van der Waals surface area contributed by atoms with E-state index in [0.29, 0.717) is 90.6 Å². The van der Waals surface area contributed by atoms with E-state index in [1.807, 2.05) is 78.9 Å². The van der Waals surface area contributed by atoms with Crippen molar-refractivity contribution in [2.45, 2.75) is 93.9 Å². The smallest absolute Gasteiger partial charge is 0.267 e. The first-order valence-electron chi connectivity index (χ1n) is 31.6. The molecule has 15 rings (SSSR count). The minimum atomic E-state index is -0.972. The molecule has 8 nitrogen and oxygen atoms in total. The number of halogens is 3. The Morgan fingerprint density at radius 1 is 0.250 bits per heavy atom. The minimum absolute atomic E-state index is 0.0425.